The quantitative estimate of drug-likeness (QED) is 0.896. The number of methoxy groups -OCH3 is 1. The van der Waals surface area contributed by atoms with Crippen LogP contribution in [0, 0.1) is 19.3 Å². The van der Waals surface area contributed by atoms with Gasteiger partial charge in [0.25, 0.3) is 0 Å². The van der Waals surface area contributed by atoms with Crippen LogP contribution in [0.4, 0.5) is 4.79 Å². The van der Waals surface area contributed by atoms with Gasteiger partial charge in [0, 0.05) is 37.2 Å². The molecular weight excluding hydrogens is 306 g/mol. The van der Waals surface area contributed by atoms with E-state index in [0.717, 1.165) is 23.4 Å². The Labute approximate surface area is 144 Å². The average molecular weight is 337 g/mol. The lowest BCUT2D eigenvalue weighted by Crippen LogP contribution is -2.69. The standard InChI is InChI=1S/C18H31N3O3/c1-11(9-14-12(2)20-24-13(14)3)19-16(22)21(7)15-10-18(6,23-8)17(15,4)5/h11,15H,9-10H2,1-8H3,(H,19,22). The minimum absolute atomic E-state index is 0.00810. The molecule has 1 N–H and O–H groups in total. The number of hydrogen-bond acceptors (Lipinski definition) is 4. The van der Waals surface area contributed by atoms with E-state index >= 15 is 0 Å². The highest BCUT2D eigenvalue weighted by molar-refractivity contribution is 5.75. The number of aryl methyl sites for hydroxylation is 2. The molecule has 1 aliphatic carbocycles. The number of urea groups is 1. The van der Waals surface area contributed by atoms with Crippen molar-refractivity contribution < 1.29 is 14.1 Å². The smallest absolute Gasteiger partial charge is 0.317 e. The SMILES string of the molecule is COC1(C)CC(N(C)C(=O)NC(C)Cc2c(C)noc2C)C1(C)C. The second-order valence-corrected chi connectivity index (χ2v) is 7.84. The van der Waals surface area contributed by atoms with Gasteiger partial charge in [-0.3, -0.25) is 0 Å². The molecule has 0 bridgehead atoms. The van der Waals surface area contributed by atoms with Crippen molar-refractivity contribution in [2.24, 2.45) is 5.41 Å². The van der Waals surface area contributed by atoms with E-state index in [1.54, 1.807) is 7.11 Å². The van der Waals surface area contributed by atoms with Crippen molar-refractivity contribution in [2.75, 3.05) is 14.2 Å². The molecule has 1 heterocycles. The van der Waals surface area contributed by atoms with Crippen LogP contribution in [0.15, 0.2) is 4.52 Å². The van der Waals surface area contributed by atoms with E-state index in [9.17, 15) is 4.79 Å². The van der Waals surface area contributed by atoms with Gasteiger partial charge in [-0.1, -0.05) is 19.0 Å². The maximum absolute atomic E-state index is 12.6. The molecule has 0 aromatic carbocycles. The van der Waals surface area contributed by atoms with Crippen molar-refractivity contribution in [1.29, 1.82) is 0 Å². The lowest BCUT2D eigenvalue weighted by atomic mass is 9.55. The van der Waals surface area contributed by atoms with Crippen molar-refractivity contribution in [1.82, 2.24) is 15.4 Å². The summed E-state index contributed by atoms with van der Waals surface area (Å²) in [5, 5.41) is 7.05. The van der Waals surface area contributed by atoms with Gasteiger partial charge in [-0.25, -0.2) is 4.79 Å². The van der Waals surface area contributed by atoms with Crippen LogP contribution < -0.4 is 5.32 Å². The first-order valence-corrected chi connectivity index (χ1v) is 8.53. The lowest BCUT2D eigenvalue weighted by molar-refractivity contribution is -0.198. The second kappa shape index (κ2) is 6.39. The number of hydrogen-bond donors (Lipinski definition) is 1. The first kappa shape index (κ1) is 18.8. The van der Waals surface area contributed by atoms with Crippen molar-refractivity contribution in [3.63, 3.8) is 0 Å². The minimum Gasteiger partial charge on any atom is -0.378 e. The summed E-state index contributed by atoms with van der Waals surface area (Å²) in [4.78, 5) is 14.4. The zero-order valence-corrected chi connectivity index (χ0v) is 16.2. The summed E-state index contributed by atoms with van der Waals surface area (Å²) in [7, 11) is 3.60. The zero-order chi connectivity index (χ0) is 18.3. The van der Waals surface area contributed by atoms with Gasteiger partial charge in [0.2, 0.25) is 0 Å². The first-order chi connectivity index (χ1) is 11.0. The van der Waals surface area contributed by atoms with E-state index < -0.39 is 0 Å². The monoisotopic (exact) mass is 337 g/mol. The highest BCUT2D eigenvalue weighted by Gasteiger charge is 2.59. The Hall–Kier alpha value is -1.56. The molecule has 6 nitrogen and oxygen atoms in total. The third-order valence-corrected chi connectivity index (χ3v) is 6.08. The predicted octanol–water partition coefficient (Wildman–Crippen LogP) is 3.07. The van der Waals surface area contributed by atoms with Crippen LogP contribution in [0.25, 0.3) is 0 Å². The Bertz CT molecular complexity index is 591. The number of carbonyl (C=O) groups is 1. The first-order valence-electron chi connectivity index (χ1n) is 8.53. The maximum atomic E-state index is 12.6. The minimum atomic E-state index is -0.186. The number of rotatable bonds is 5. The third kappa shape index (κ3) is 3.04. The van der Waals surface area contributed by atoms with E-state index in [1.807, 2.05) is 32.7 Å². The van der Waals surface area contributed by atoms with Crippen LogP contribution in [-0.4, -0.2) is 47.9 Å². The molecule has 0 aliphatic heterocycles. The van der Waals surface area contributed by atoms with Crippen molar-refractivity contribution in [3.05, 3.63) is 17.0 Å². The van der Waals surface area contributed by atoms with E-state index in [0.29, 0.717) is 6.42 Å². The van der Waals surface area contributed by atoms with E-state index in [1.165, 1.54) is 0 Å². The van der Waals surface area contributed by atoms with Crippen LogP contribution in [0.5, 0.6) is 0 Å². The van der Waals surface area contributed by atoms with Gasteiger partial charge in [0.15, 0.2) is 0 Å². The predicted molar refractivity (Wildman–Crippen MR) is 93.0 cm³/mol. The highest BCUT2D eigenvalue weighted by atomic mass is 16.5. The van der Waals surface area contributed by atoms with E-state index in [2.05, 4.69) is 31.2 Å². The third-order valence-electron chi connectivity index (χ3n) is 6.08. The zero-order valence-electron chi connectivity index (χ0n) is 16.2. The summed E-state index contributed by atoms with van der Waals surface area (Å²) in [6.07, 6.45) is 1.56. The topological polar surface area (TPSA) is 67.6 Å². The molecule has 3 atom stereocenters. The molecule has 0 saturated heterocycles. The summed E-state index contributed by atoms with van der Waals surface area (Å²) in [6.45, 7) is 12.2. The molecular formula is C18H31N3O3. The largest absolute Gasteiger partial charge is 0.378 e. The second-order valence-electron chi connectivity index (χ2n) is 7.84. The van der Waals surface area contributed by atoms with Gasteiger partial charge in [0.1, 0.15) is 5.76 Å². The highest BCUT2D eigenvalue weighted by Crippen LogP contribution is 2.53. The molecule has 1 aliphatic rings. The molecule has 3 unspecified atom stereocenters. The normalized spacial score (nSPS) is 26.6. The van der Waals surface area contributed by atoms with Gasteiger partial charge in [-0.05, 0) is 40.5 Å². The molecule has 136 valence electrons. The van der Waals surface area contributed by atoms with Gasteiger partial charge in [-0.2, -0.15) is 0 Å². The van der Waals surface area contributed by atoms with Crippen molar-refractivity contribution in [2.45, 2.75) is 72.1 Å². The Morgan fingerprint density at radius 2 is 2.08 bits per heavy atom. The number of nitrogens with zero attached hydrogens (tertiary/aromatic N) is 2. The Kier molecular flexibility index (Phi) is 5.00. The van der Waals surface area contributed by atoms with Gasteiger partial charge in [-0.15, -0.1) is 0 Å². The van der Waals surface area contributed by atoms with E-state index in [-0.39, 0.29) is 29.1 Å². The number of ether oxygens (including phenoxy) is 1. The number of aromatic nitrogens is 1. The fraction of sp³-hybridized carbons (Fsp3) is 0.778. The molecule has 1 aromatic heterocycles. The number of amides is 2. The molecule has 0 spiro atoms. The van der Waals surface area contributed by atoms with Crippen LogP contribution in [0.3, 0.4) is 0 Å². The van der Waals surface area contributed by atoms with Crippen molar-refractivity contribution in [3.8, 4) is 0 Å². The Morgan fingerprint density at radius 3 is 2.54 bits per heavy atom. The number of carbonyl (C=O) groups excluding carboxylic acids is 1. The van der Waals surface area contributed by atoms with Crippen LogP contribution in [0.2, 0.25) is 0 Å². The molecule has 24 heavy (non-hydrogen) atoms. The Morgan fingerprint density at radius 1 is 1.46 bits per heavy atom. The fourth-order valence-corrected chi connectivity index (χ4v) is 3.68. The fourth-order valence-electron chi connectivity index (χ4n) is 3.68. The molecule has 2 rings (SSSR count). The summed E-state index contributed by atoms with van der Waals surface area (Å²) in [5.41, 5.74) is 1.69. The summed E-state index contributed by atoms with van der Waals surface area (Å²) in [6, 6.07) is 0.118. The molecule has 6 heteroatoms. The molecule has 1 saturated carbocycles. The lowest BCUT2D eigenvalue weighted by Gasteiger charge is -2.61. The summed E-state index contributed by atoms with van der Waals surface area (Å²) in [5.74, 6) is 0.818. The molecule has 1 aromatic rings. The van der Waals surface area contributed by atoms with Crippen molar-refractivity contribution >= 4 is 6.03 Å². The Balaban J connectivity index is 1.95. The van der Waals surface area contributed by atoms with E-state index in [4.69, 9.17) is 9.26 Å². The average Bonchev–Trinajstić information content (AvgIpc) is 2.83. The molecule has 2 amide bonds. The molecule has 0 radical (unpaired) electrons. The van der Waals surface area contributed by atoms with Crippen LogP contribution in [-0.2, 0) is 11.2 Å². The molecule has 1 fully saturated rings. The van der Waals surface area contributed by atoms with Gasteiger partial charge in [0.05, 0.1) is 11.3 Å². The van der Waals surface area contributed by atoms with Crippen LogP contribution >= 0.6 is 0 Å². The van der Waals surface area contributed by atoms with Gasteiger partial charge < -0.3 is 19.5 Å². The summed E-state index contributed by atoms with van der Waals surface area (Å²) < 4.78 is 10.8. The number of nitrogens with one attached hydrogen (secondary N) is 1. The van der Waals surface area contributed by atoms with Crippen LogP contribution in [0.1, 0.15) is 51.1 Å². The summed E-state index contributed by atoms with van der Waals surface area (Å²) >= 11 is 0. The van der Waals surface area contributed by atoms with Gasteiger partial charge >= 0.3 is 6.03 Å². The maximum Gasteiger partial charge on any atom is 0.317 e.